The van der Waals surface area contributed by atoms with E-state index in [0.29, 0.717) is 18.7 Å². The maximum Gasteiger partial charge on any atom is 0.287 e. The lowest BCUT2D eigenvalue weighted by atomic mass is 10.1. The molecule has 2 aromatic rings. The number of aromatic nitrogens is 2. The lowest BCUT2D eigenvalue weighted by Gasteiger charge is -2.15. The van der Waals surface area contributed by atoms with Crippen molar-refractivity contribution >= 4 is 17.3 Å². The second-order valence-corrected chi connectivity index (χ2v) is 7.00. The molecule has 0 radical (unpaired) electrons. The van der Waals surface area contributed by atoms with E-state index in [1.807, 2.05) is 12.1 Å². The number of ether oxygens (including phenoxy) is 1. The minimum absolute atomic E-state index is 0.183. The van der Waals surface area contributed by atoms with Crippen molar-refractivity contribution in [2.24, 2.45) is 0 Å². The zero-order valence-electron chi connectivity index (χ0n) is 15.9. The van der Waals surface area contributed by atoms with Gasteiger partial charge >= 0.3 is 0 Å². The zero-order chi connectivity index (χ0) is 19.1. The molecule has 1 aliphatic carbocycles. The number of pyridine rings is 1. The van der Waals surface area contributed by atoms with Gasteiger partial charge in [-0.3, -0.25) is 14.0 Å². The average molecular weight is 372 g/mol. The van der Waals surface area contributed by atoms with Gasteiger partial charge in [0.2, 0.25) is 5.82 Å². The predicted octanol–water partition coefficient (Wildman–Crippen LogP) is 2.55. The molecular weight excluding hydrogens is 344 g/mol. The molecule has 0 atom stereocenters. The Morgan fingerprint density at radius 3 is 2.70 bits per heavy atom. The zero-order valence-corrected chi connectivity index (χ0v) is 15.9. The number of hydrogen-bond acceptors (Lipinski definition) is 4. The van der Waals surface area contributed by atoms with Gasteiger partial charge in [-0.05, 0) is 31.4 Å². The molecule has 27 heavy (non-hydrogen) atoms. The van der Waals surface area contributed by atoms with E-state index in [2.05, 4.69) is 15.6 Å². The standard InChI is InChI=1S/C20H28N4O3/c1-27-14-8-12-21-19(25)17-16-11-6-7-13-24(16)18(23-17)20(26)22-15-9-4-2-3-5-10-15/h6-7,11,13,15H,2-5,8-10,12,14H2,1H3,(H,21,25)(H,22,26). The molecule has 0 aliphatic heterocycles. The Morgan fingerprint density at radius 2 is 1.96 bits per heavy atom. The van der Waals surface area contributed by atoms with E-state index in [1.165, 1.54) is 12.8 Å². The lowest BCUT2D eigenvalue weighted by molar-refractivity contribution is 0.0922. The molecule has 1 fully saturated rings. The van der Waals surface area contributed by atoms with Crippen molar-refractivity contribution in [2.75, 3.05) is 20.3 Å². The van der Waals surface area contributed by atoms with E-state index < -0.39 is 0 Å². The highest BCUT2D eigenvalue weighted by Gasteiger charge is 2.23. The summed E-state index contributed by atoms with van der Waals surface area (Å²) in [5.74, 6) is -0.234. The molecule has 1 saturated carbocycles. The molecule has 0 saturated heterocycles. The summed E-state index contributed by atoms with van der Waals surface area (Å²) in [4.78, 5) is 29.7. The highest BCUT2D eigenvalue weighted by Crippen LogP contribution is 2.18. The summed E-state index contributed by atoms with van der Waals surface area (Å²) < 4.78 is 6.68. The molecule has 7 nitrogen and oxygen atoms in total. The maximum atomic E-state index is 12.8. The maximum absolute atomic E-state index is 12.8. The van der Waals surface area contributed by atoms with Gasteiger partial charge in [0.05, 0.1) is 5.52 Å². The minimum atomic E-state index is -0.275. The van der Waals surface area contributed by atoms with Gasteiger partial charge in [0.15, 0.2) is 5.69 Å². The predicted molar refractivity (Wildman–Crippen MR) is 103 cm³/mol. The molecule has 2 heterocycles. The van der Waals surface area contributed by atoms with Gasteiger partial charge in [-0.15, -0.1) is 0 Å². The van der Waals surface area contributed by atoms with Crippen LogP contribution in [0.4, 0.5) is 0 Å². The minimum Gasteiger partial charge on any atom is -0.385 e. The Morgan fingerprint density at radius 1 is 1.19 bits per heavy atom. The van der Waals surface area contributed by atoms with Gasteiger partial charge in [-0.25, -0.2) is 4.98 Å². The Labute approximate surface area is 159 Å². The first-order chi connectivity index (χ1) is 13.2. The van der Waals surface area contributed by atoms with Gasteiger partial charge in [-0.1, -0.05) is 31.7 Å². The molecule has 2 aromatic heterocycles. The quantitative estimate of drug-likeness (QED) is 0.578. The molecule has 1 aliphatic rings. The molecule has 0 bridgehead atoms. The largest absolute Gasteiger partial charge is 0.385 e. The molecule has 146 valence electrons. The van der Waals surface area contributed by atoms with Crippen LogP contribution in [0.25, 0.3) is 5.52 Å². The van der Waals surface area contributed by atoms with E-state index in [9.17, 15) is 9.59 Å². The monoisotopic (exact) mass is 372 g/mol. The van der Waals surface area contributed by atoms with Crippen molar-refractivity contribution in [1.82, 2.24) is 20.0 Å². The van der Waals surface area contributed by atoms with Gasteiger partial charge in [0.1, 0.15) is 0 Å². The van der Waals surface area contributed by atoms with Crippen LogP contribution in [-0.2, 0) is 4.74 Å². The fourth-order valence-corrected chi connectivity index (χ4v) is 3.54. The Bertz CT molecular complexity index is 779. The smallest absolute Gasteiger partial charge is 0.287 e. The van der Waals surface area contributed by atoms with E-state index in [-0.39, 0.29) is 29.4 Å². The number of nitrogens with one attached hydrogen (secondary N) is 2. The third-order valence-corrected chi connectivity index (χ3v) is 4.97. The first-order valence-corrected chi connectivity index (χ1v) is 9.76. The number of imidazole rings is 1. The molecule has 0 aromatic carbocycles. The second-order valence-electron chi connectivity index (χ2n) is 7.00. The number of hydrogen-bond donors (Lipinski definition) is 2. The summed E-state index contributed by atoms with van der Waals surface area (Å²) in [5.41, 5.74) is 0.909. The van der Waals surface area contributed by atoms with Crippen molar-refractivity contribution in [3.05, 3.63) is 35.9 Å². The molecule has 3 rings (SSSR count). The summed E-state index contributed by atoms with van der Waals surface area (Å²) in [7, 11) is 1.63. The topological polar surface area (TPSA) is 84.7 Å². The summed E-state index contributed by atoms with van der Waals surface area (Å²) in [6, 6.07) is 5.66. The molecule has 7 heteroatoms. The number of nitrogens with zero attached hydrogens (tertiary/aromatic N) is 2. The van der Waals surface area contributed by atoms with Crippen molar-refractivity contribution in [3.8, 4) is 0 Å². The highest BCUT2D eigenvalue weighted by molar-refractivity contribution is 6.02. The van der Waals surface area contributed by atoms with Crippen molar-refractivity contribution < 1.29 is 14.3 Å². The van der Waals surface area contributed by atoms with Crippen LogP contribution >= 0.6 is 0 Å². The van der Waals surface area contributed by atoms with Crippen molar-refractivity contribution in [3.63, 3.8) is 0 Å². The summed E-state index contributed by atoms with van der Waals surface area (Å²) in [6.45, 7) is 1.08. The fourth-order valence-electron chi connectivity index (χ4n) is 3.54. The van der Waals surface area contributed by atoms with E-state index in [0.717, 1.165) is 32.1 Å². The molecule has 2 N–H and O–H groups in total. The number of methoxy groups -OCH3 is 1. The average Bonchev–Trinajstić information content (AvgIpc) is 2.88. The number of carbonyl (C=O) groups is 2. The summed E-state index contributed by atoms with van der Waals surface area (Å²) in [5, 5.41) is 5.95. The van der Waals surface area contributed by atoms with Crippen LogP contribution < -0.4 is 10.6 Å². The normalized spacial score (nSPS) is 15.4. The van der Waals surface area contributed by atoms with Crippen LogP contribution in [0.1, 0.15) is 66.1 Å². The third kappa shape index (κ3) is 4.86. The third-order valence-electron chi connectivity index (χ3n) is 4.97. The van der Waals surface area contributed by atoms with Crippen LogP contribution in [-0.4, -0.2) is 47.5 Å². The SMILES string of the molecule is COCCCNC(=O)c1nc(C(=O)NC2CCCCCC2)n2ccccc12. The number of amides is 2. The fraction of sp³-hybridized carbons (Fsp3) is 0.550. The van der Waals surface area contributed by atoms with Gasteiger partial charge in [-0.2, -0.15) is 0 Å². The number of rotatable bonds is 7. The van der Waals surface area contributed by atoms with Gasteiger partial charge in [0, 0.05) is 32.5 Å². The molecular formula is C20H28N4O3. The number of fused-ring (bicyclic) bond motifs is 1. The summed E-state index contributed by atoms with van der Waals surface area (Å²) in [6.07, 6.45) is 9.24. The molecule has 0 unspecified atom stereocenters. The van der Waals surface area contributed by atoms with E-state index in [1.54, 1.807) is 23.8 Å². The van der Waals surface area contributed by atoms with E-state index >= 15 is 0 Å². The van der Waals surface area contributed by atoms with Crippen LogP contribution in [0.3, 0.4) is 0 Å². The van der Waals surface area contributed by atoms with Gasteiger partial charge in [0.25, 0.3) is 11.8 Å². The Kier molecular flexibility index (Phi) is 6.81. The van der Waals surface area contributed by atoms with Crippen molar-refractivity contribution in [1.29, 1.82) is 0 Å². The first-order valence-electron chi connectivity index (χ1n) is 9.76. The van der Waals surface area contributed by atoms with Gasteiger partial charge < -0.3 is 15.4 Å². The highest BCUT2D eigenvalue weighted by atomic mass is 16.5. The Hall–Kier alpha value is -2.41. The lowest BCUT2D eigenvalue weighted by Crippen LogP contribution is -2.35. The first kappa shape index (κ1) is 19.4. The van der Waals surface area contributed by atoms with Crippen LogP contribution in [0.2, 0.25) is 0 Å². The number of carbonyl (C=O) groups excluding carboxylic acids is 2. The molecule has 2 amide bonds. The van der Waals surface area contributed by atoms with E-state index in [4.69, 9.17) is 4.74 Å². The van der Waals surface area contributed by atoms with Crippen LogP contribution in [0.5, 0.6) is 0 Å². The second kappa shape index (κ2) is 9.50. The van der Waals surface area contributed by atoms with Crippen LogP contribution in [0, 0.1) is 0 Å². The van der Waals surface area contributed by atoms with Crippen LogP contribution in [0.15, 0.2) is 24.4 Å². The Balaban J connectivity index is 1.77. The molecule has 0 spiro atoms. The summed E-state index contributed by atoms with van der Waals surface area (Å²) >= 11 is 0. The van der Waals surface area contributed by atoms with Crippen molar-refractivity contribution in [2.45, 2.75) is 51.0 Å².